The van der Waals surface area contributed by atoms with E-state index in [4.69, 9.17) is 5.73 Å². The molecule has 5 heteroatoms. The van der Waals surface area contributed by atoms with Crippen molar-refractivity contribution in [2.45, 2.75) is 32.6 Å². The number of aryl methyl sites for hydroxylation is 1. The first-order valence-electron chi connectivity index (χ1n) is 9.90. The second-order valence-corrected chi connectivity index (χ2v) is 8.84. The fourth-order valence-electron chi connectivity index (χ4n) is 3.89. The first kappa shape index (κ1) is 19.4. The van der Waals surface area contributed by atoms with Gasteiger partial charge in [0.15, 0.2) is 0 Å². The highest BCUT2D eigenvalue weighted by Crippen LogP contribution is 2.39. The van der Waals surface area contributed by atoms with Crippen molar-refractivity contribution in [3.8, 4) is 0 Å². The lowest BCUT2D eigenvalue weighted by Crippen LogP contribution is -2.19. The quantitative estimate of drug-likeness (QED) is 0.640. The SMILES string of the molecule is CC1CCc2sc(NC(=O)c3ccc(Cc4ccccc4)cc3)c(C(N)=O)c2C1. The van der Waals surface area contributed by atoms with E-state index in [2.05, 4.69) is 24.4 Å². The van der Waals surface area contributed by atoms with E-state index in [1.54, 1.807) is 0 Å². The smallest absolute Gasteiger partial charge is 0.256 e. The number of benzene rings is 2. The Labute approximate surface area is 174 Å². The van der Waals surface area contributed by atoms with Crippen molar-refractivity contribution in [2.24, 2.45) is 11.7 Å². The summed E-state index contributed by atoms with van der Waals surface area (Å²) >= 11 is 1.49. The zero-order valence-electron chi connectivity index (χ0n) is 16.4. The third kappa shape index (κ3) is 4.25. The van der Waals surface area contributed by atoms with Crippen LogP contribution in [-0.2, 0) is 19.3 Å². The number of carbonyl (C=O) groups is 2. The molecule has 0 radical (unpaired) electrons. The van der Waals surface area contributed by atoms with Crippen LogP contribution in [0.3, 0.4) is 0 Å². The van der Waals surface area contributed by atoms with Crippen LogP contribution in [0.2, 0.25) is 0 Å². The summed E-state index contributed by atoms with van der Waals surface area (Å²) in [6, 6.07) is 17.8. The Morgan fingerprint density at radius 1 is 1.07 bits per heavy atom. The topological polar surface area (TPSA) is 72.2 Å². The van der Waals surface area contributed by atoms with Crippen LogP contribution in [0.25, 0.3) is 0 Å². The van der Waals surface area contributed by atoms with E-state index in [9.17, 15) is 9.59 Å². The van der Waals surface area contributed by atoms with Gasteiger partial charge in [0.2, 0.25) is 0 Å². The molecule has 4 rings (SSSR count). The highest BCUT2D eigenvalue weighted by Gasteiger charge is 2.27. The second-order valence-electron chi connectivity index (χ2n) is 7.73. The second kappa shape index (κ2) is 8.21. The first-order valence-corrected chi connectivity index (χ1v) is 10.7. The Hall–Kier alpha value is -2.92. The van der Waals surface area contributed by atoms with Crippen LogP contribution in [0.5, 0.6) is 0 Å². The average Bonchev–Trinajstić information content (AvgIpc) is 3.06. The van der Waals surface area contributed by atoms with Crippen molar-refractivity contribution >= 4 is 28.2 Å². The molecule has 1 aromatic heterocycles. The maximum atomic E-state index is 12.8. The molecule has 0 saturated heterocycles. The van der Waals surface area contributed by atoms with Crippen molar-refractivity contribution in [2.75, 3.05) is 5.32 Å². The molecule has 0 bridgehead atoms. The van der Waals surface area contributed by atoms with Crippen LogP contribution < -0.4 is 11.1 Å². The molecule has 148 valence electrons. The predicted molar refractivity (Wildman–Crippen MR) is 118 cm³/mol. The highest BCUT2D eigenvalue weighted by molar-refractivity contribution is 7.17. The van der Waals surface area contributed by atoms with Gasteiger partial charge < -0.3 is 11.1 Å². The number of carbonyl (C=O) groups excluding carboxylic acids is 2. The van der Waals surface area contributed by atoms with Crippen LogP contribution >= 0.6 is 11.3 Å². The zero-order valence-corrected chi connectivity index (χ0v) is 17.2. The summed E-state index contributed by atoms with van der Waals surface area (Å²) in [5, 5.41) is 3.51. The molecule has 1 atom stereocenters. The molecule has 1 unspecified atom stereocenters. The molecular weight excluding hydrogens is 380 g/mol. The Kier molecular flexibility index (Phi) is 5.49. The van der Waals surface area contributed by atoms with Crippen molar-refractivity contribution in [3.05, 3.63) is 87.3 Å². The van der Waals surface area contributed by atoms with Crippen molar-refractivity contribution in [3.63, 3.8) is 0 Å². The van der Waals surface area contributed by atoms with Crippen LogP contribution in [0.1, 0.15) is 55.6 Å². The Morgan fingerprint density at radius 2 is 1.76 bits per heavy atom. The number of anilines is 1. The van der Waals surface area contributed by atoms with Crippen LogP contribution in [0, 0.1) is 5.92 Å². The van der Waals surface area contributed by atoms with Crippen LogP contribution in [-0.4, -0.2) is 11.8 Å². The molecule has 1 aliphatic carbocycles. The van der Waals surface area contributed by atoms with Gasteiger partial charge in [0.1, 0.15) is 5.00 Å². The van der Waals surface area contributed by atoms with Gasteiger partial charge in [0.25, 0.3) is 11.8 Å². The van der Waals surface area contributed by atoms with Crippen LogP contribution in [0.4, 0.5) is 5.00 Å². The van der Waals surface area contributed by atoms with Crippen LogP contribution in [0.15, 0.2) is 54.6 Å². The monoisotopic (exact) mass is 404 g/mol. The number of fused-ring (bicyclic) bond motifs is 1. The van der Waals surface area contributed by atoms with Gasteiger partial charge in [-0.05, 0) is 60.4 Å². The molecule has 0 saturated carbocycles. The molecule has 2 aromatic carbocycles. The largest absolute Gasteiger partial charge is 0.365 e. The van der Waals surface area contributed by atoms with E-state index in [1.165, 1.54) is 21.8 Å². The average molecular weight is 405 g/mol. The summed E-state index contributed by atoms with van der Waals surface area (Å²) in [6.45, 7) is 2.18. The maximum Gasteiger partial charge on any atom is 0.256 e. The molecule has 0 fully saturated rings. The van der Waals surface area contributed by atoms with Gasteiger partial charge in [-0.3, -0.25) is 9.59 Å². The zero-order chi connectivity index (χ0) is 20.4. The molecule has 4 nitrogen and oxygen atoms in total. The molecule has 1 aliphatic rings. The number of nitrogens with two attached hydrogens (primary N) is 1. The van der Waals surface area contributed by atoms with E-state index in [-0.39, 0.29) is 5.91 Å². The summed E-state index contributed by atoms with van der Waals surface area (Å²) < 4.78 is 0. The molecule has 3 N–H and O–H groups in total. The molecule has 0 aliphatic heterocycles. The molecule has 2 amide bonds. The van der Waals surface area contributed by atoms with E-state index in [1.807, 2.05) is 42.5 Å². The number of hydrogen-bond acceptors (Lipinski definition) is 3. The minimum atomic E-state index is -0.467. The summed E-state index contributed by atoms with van der Waals surface area (Å²) in [5.41, 5.74) is 10.1. The van der Waals surface area contributed by atoms with Gasteiger partial charge in [0.05, 0.1) is 5.56 Å². The molecule has 0 spiro atoms. The molecule has 1 heterocycles. The molecule has 29 heavy (non-hydrogen) atoms. The summed E-state index contributed by atoms with van der Waals surface area (Å²) in [7, 11) is 0. The third-order valence-corrected chi connectivity index (χ3v) is 6.66. The van der Waals surface area contributed by atoms with E-state index in [0.29, 0.717) is 22.0 Å². The number of hydrogen-bond donors (Lipinski definition) is 2. The first-order chi connectivity index (χ1) is 14.0. The number of thiophene rings is 1. The number of primary amides is 1. The fourth-order valence-corrected chi connectivity index (χ4v) is 5.13. The molecule has 3 aromatic rings. The van der Waals surface area contributed by atoms with E-state index < -0.39 is 5.91 Å². The lowest BCUT2D eigenvalue weighted by Gasteiger charge is -2.18. The number of rotatable bonds is 5. The Balaban J connectivity index is 1.52. The molecular formula is C24H24N2O2S. The Bertz CT molecular complexity index is 1040. The summed E-state index contributed by atoms with van der Waals surface area (Å²) in [4.78, 5) is 26.0. The summed E-state index contributed by atoms with van der Waals surface area (Å²) in [6.07, 6.45) is 3.70. The van der Waals surface area contributed by atoms with Crippen molar-refractivity contribution in [1.82, 2.24) is 0 Å². The van der Waals surface area contributed by atoms with Crippen molar-refractivity contribution < 1.29 is 9.59 Å². The maximum absolute atomic E-state index is 12.8. The van der Waals surface area contributed by atoms with Gasteiger partial charge in [-0.2, -0.15) is 0 Å². The van der Waals surface area contributed by atoms with E-state index >= 15 is 0 Å². The standard InChI is InChI=1S/C24H24N2O2S/c1-15-7-12-20-19(13-15)21(22(25)27)24(29-20)26-23(28)18-10-8-17(9-11-18)14-16-5-3-2-4-6-16/h2-6,8-11,15H,7,12-14H2,1H3,(H2,25,27)(H,26,28). The van der Waals surface area contributed by atoms with Crippen molar-refractivity contribution in [1.29, 1.82) is 0 Å². The van der Waals surface area contributed by atoms with Gasteiger partial charge in [-0.25, -0.2) is 0 Å². The Morgan fingerprint density at radius 3 is 2.45 bits per heavy atom. The predicted octanol–water partition coefficient (Wildman–Crippen LogP) is 4.81. The number of nitrogens with one attached hydrogen (secondary N) is 1. The minimum Gasteiger partial charge on any atom is -0.365 e. The minimum absolute atomic E-state index is 0.217. The summed E-state index contributed by atoms with van der Waals surface area (Å²) in [5.74, 6) is -0.161. The fraction of sp³-hybridized carbons (Fsp3) is 0.250. The lowest BCUT2D eigenvalue weighted by atomic mass is 9.87. The normalized spacial score (nSPS) is 15.6. The lowest BCUT2D eigenvalue weighted by molar-refractivity contribution is 0.1000. The number of amides is 2. The third-order valence-electron chi connectivity index (χ3n) is 5.45. The van der Waals surface area contributed by atoms with Gasteiger partial charge >= 0.3 is 0 Å². The van der Waals surface area contributed by atoms with Gasteiger partial charge in [0, 0.05) is 10.4 Å². The van der Waals surface area contributed by atoms with Gasteiger partial charge in [-0.15, -0.1) is 11.3 Å². The van der Waals surface area contributed by atoms with Gasteiger partial charge in [-0.1, -0.05) is 49.4 Å². The highest BCUT2D eigenvalue weighted by atomic mass is 32.1. The van der Waals surface area contributed by atoms with E-state index in [0.717, 1.165) is 36.8 Å².